The van der Waals surface area contributed by atoms with Crippen molar-refractivity contribution in [1.29, 1.82) is 0 Å². The van der Waals surface area contributed by atoms with Gasteiger partial charge in [-0.05, 0) is 19.4 Å². The first-order chi connectivity index (χ1) is 11.4. The maximum Gasteiger partial charge on any atom is 0.271 e. The third-order valence-electron chi connectivity index (χ3n) is 4.15. The van der Waals surface area contributed by atoms with Gasteiger partial charge in [-0.15, -0.1) is 0 Å². The summed E-state index contributed by atoms with van der Waals surface area (Å²) in [5.41, 5.74) is 1.74. The lowest BCUT2D eigenvalue weighted by atomic mass is 10.1. The average molecular weight is 351 g/mol. The number of benzene rings is 1. The smallest absolute Gasteiger partial charge is 0.271 e. The molecule has 0 aliphatic carbocycles. The standard InChI is InChI=1S/C15H19ClN6O2/c1-10-7-12(22(23)24)8-13(16)15(10)21-5-3-20(4-6-21)9-14-17-11(2)18-19-14/h7-8H,3-6,9H2,1-2H3,(H,17,18,19). The fourth-order valence-electron chi connectivity index (χ4n) is 3.01. The fraction of sp³-hybridized carbons (Fsp3) is 0.467. The highest BCUT2D eigenvalue weighted by Gasteiger charge is 2.23. The molecule has 1 aliphatic rings. The van der Waals surface area contributed by atoms with Crippen molar-refractivity contribution in [1.82, 2.24) is 20.1 Å². The van der Waals surface area contributed by atoms with Gasteiger partial charge in [-0.1, -0.05) is 11.6 Å². The summed E-state index contributed by atoms with van der Waals surface area (Å²) in [5, 5.41) is 18.4. The zero-order valence-corrected chi connectivity index (χ0v) is 14.4. The van der Waals surface area contributed by atoms with Crippen LogP contribution in [-0.2, 0) is 6.54 Å². The number of nitro benzene ring substituents is 1. The molecule has 128 valence electrons. The topological polar surface area (TPSA) is 91.2 Å². The Labute approximate surface area is 144 Å². The molecule has 2 heterocycles. The second-order valence-electron chi connectivity index (χ2n) is 5.95. The van der Waals surface area contributed by atoms with E-state index in [1.807, 2.05) is 13.8 Å². The summed E-state index contributed by atoms with van der Waals surface area (Å²) in [7, 11) is 0. The van der Waals surface area contributed by atoms with Crippen molar-refractivity contribution in [3.05, 3.63) is 44.5 Å². The maximum absolute atomic E-state index is 10.9. The first-order valence-electron chi connectivity index (χ1n) is 7.74. The molecule has 1 aliphatic heterocycles. The van der Waals surface area contributed by atoms with Gasteiger partial charge in [-0.25, -0.2) is 4.98 Å². The first-order valence-corrected chi connectivity index (χ1v) is 8.11. The van der Waals surface area contributed by atoms with Crippen LogP contribution in [0.25, 0.3) is 0 Å². The molecular formula is C15H19ClN6O2. The Hall–Kier alpha value is -2.19. The molecule has 0 unspecified atom stereocenters. The summed E-state index contributed by atoms with van der Waals surface area (Å²) in [4.78, 5) is 19.3. The number of hydrogen-bond acceptors (Lipinski definition) is 6. The molecule has 1 aromatic heterocycles. The number of nitro groups is 1. The molecule has 2 aromatic rings. The molecule has 0 amide bonds. The van der Waals surface area contributed by atoms with Crippen LogP contribution in [0.4, 0.5) is 11.4 Å². The molecule has 1 aromatic carbocycles. The Morgan fingerprint density at radius 1 is 1.29 bits per heavy atom. The van der Waals surface area contributed by atoms with Crippen LogP contribution in [0.2, 0.25) is 5.02 Å². The van der Waals surface area contributed by atoms with Crippen LogP contribution in [0.5, 0.6) is 0 Å². The molecule has 24 heavy (non-hydrogen) atoms. The molecule has 1 saturated heterocycles. The Bertz CT molecular complexity index is 731. The highest BCUT2D eigenvalue weighted by Crippen LogP contribution is 2.34. The summed E-state index contributed by atoms with van der Waals surface area (Å²) < 4.78 is 0. The zero-order valence-electron chi connectivity index (χ0n) is 13.6. The van der Waals surface area contributed by atoms with Gasteiger partial charge in [0.05, 0.1) is 22.2 Å². The number of aryl methyl sites for hydroxylation is 2. The van der Waals surface area contributed by atoms with E-state index in [0.29, 0.717) is 11.6 Å². The van der Waals surface area contributed by atoms with E-state index in [2.05, 4.69) is 25.0 Å². The number of H-pyrrole nitrogens is 1. The number of piperazine rings is 1. The first kappa shape index (κ1) is 16.7. The van der Waals surface area contributed by atoms with Gasteiger partial charge in [0.15, 0.2) is 5.82 Å². The second-order valence-corrected chi connectivity index (χ2v) is 6.36. The number of rotatable bonds is 4. The summed E-state index contributed by atoms with van der Waals surface area (Å²) in [6.45, 7) is 7.79. The lowest BCUT2D eigenvalue weighted by Crippen LogP contribution is -2.46. The summed E-state index contributed by atoms with van der Waals surface area (Å²) in [6, 6.07) is 3.00. The third kappa shape index (κ3) is 3.49. The summed E-state index contributed by atoms with van der Waals surface area (Å²) in [5.74, 6) is 1.61. The van der Waals surface area contributed by atoms with Crippen LogP contribution in [-0.4, -0.2) is 51.2 Å². The summed E-state index contributed by atoms with van der Waals surface area (Å²) in [6.07, 6.45) is 0. The van der Waals surface area contributed by atoms with E-state index >= 15 is 0 Å². The number of nitrogens with one attached hydrogen (secondary N) is 1. The van der Waals surface area contributed by atoms with Crippen LogP contribution in [0.1, 0.15) is 17.2 Å². The molecule has 0 radical (unpaired) electrons. The predicted octanol–water partition coefficient (Wildman–Crippen LogP) is 2.31. The molecule has 0 atom stereocenters. The number of aromatic nitrogens is 3. The average Bonchev–Trinajstić information content (AvgIpc) is 2.93. The van der Waals surface area contributed by atoms with Crippen LogP contribution in [0, 0.1) is 24.0 Å². The number of anilines is 1. The Kier molecular flexibility index (Phi) is 4.68. The third-order valence-corrected chi connectivity index (χ3v) is 4.43. The van der Waals surface area contributed by atoms with Gasteiger partial charge in [0.1, 0.15) is 5.82 Å². The van der Waals surface area contributed by atoms with Gasteiger partial charge in [-0.3, -0.25) is 20.1 Å². The Balaban J connectivity index is 1.67. The van der Waals surface area contributed by atoms with E-state index < -0.39 is 4.92 Å². The normalized spacial score (nSPS) is 15.7. The molecule has 0 bridgehead atoms. The monoisotopic (exact) mass is 350 g/mol. The minimum atomic E-state index is -0.417. The molecule has 9 heteroatoms. The Morgan fingerprint density at radius 2 is 2.00 bits per heavy atom. The minimum absolute atomic E-state index is 0.0277. The van der Waals surface area contributed by atoms with Crippen molar-refractivity contribution in [3.8, 4) is 0 Å². The maximum atomic E-state index is 10.9. The number of halogens is 1. The van der Waals surface area contributed by atoms with Crippen LogP contribution in [0.15, 0.2) is 12.1 Å². The molecule has 1 N–H and O–H groups in total. The van der Waals surface area contributed by atoms with Crippen molar-refractivity contribution in [2.75, 3.05) is 31.1 Å². The molecule has 1 fully saturated rings. The largest absolute Gasteiger partial charge is 0.368 e. The zero-order chi connectivity index (χ0) is 17.3. The van der Waals surface area contributed by atoms with Crippen LogP contribution in [0.3, 0.4) is 0 Å². The molecule has 0 saturated carbocycles. The molecule has 8 nitrogen and oxygen atoms in total. The molecule has 0 spiro atoms. The van der Waals surface area contributed by atoms with Crippen molar-refractivity contribution in [2.45, 2.75) is 20.4 Å². The van der Waals surface area contributed by atoms with Gasteiger partial charge < -0.3 is 4.90 Å². The van der Waals surface area contributed by atoms with Crippen molar-refractivity contribution in [2.24, 2.45) is 0 Å². The van der Waals surface area contributed by atoms with Crippen molar-refractivity contribution in [3.63, 3.8) is 0 Å². The molecule has 3 rings (SSSR count). The van der Waals surface area contributed by atoms with Gasteiger partial charge in [0.2, 0.25) is 0 Å². The van der Waals surface area contributed by atoms with Gasteiger partial charge in [0, 0.05) is 38.3 Å². The second kappa shape index (κ2) is 6.74. The van der Waals surface area contributed by atoms with E-state index in [0.717, 1.165) is 49.1 Å². The number of aromatic amines is 1. The highest BCUT2D eigenvalue weighted by atomic mass is 35.5. The lowest BCUT2D eigenvalue weighted by Gasteiger charge is -2.36. The summed E-state index contributed by atoms with van der Waals surface area (Å²) >= 11 is 6.30. The number of hydrogen-bond donors (Lipinski definition) is 1. The van der Waals surface area contributed by atoms with Crippen LogP contribution < -0.4 is 4.90 Å². The van der Waals surface area contributed by atoms with E-state index in [-0.39, 0.29) is 5.69 Å². The van der Waals surface area contributed by atoms with Crippen molar-refractivity contribution >= 4 is 23.0 Å². The quantitative estimate of drug-likeness (QED) is 0.672. The minimum Gasteiger partial charge on any atom is -0.368 e. The fourth-order valence-corrected chi connectivity index (χ4v) is 3.39. The highest BCUT2D eigenvalue weighted by molar-refractivity contribution is 6.33. The SMILES string of the molecule is Cc1nc(CN2CCN(c3c(C)cc([N+](=O)[O-])cc3Cl)CC2)n[nH]1. The van der Waals surface area contributed by atoms with Gasteiger partial charge >= 0.3 is 0 Å². The Morgan fingerprint density at radius 3 is 2.54 bits per heavy atom. The van der Waals surface area contributed by atoms with Gasteiger partial charge in [-0.2, -0.15) is 5.10 Å². The van der Waals surface area contributed by atoms with E-state index in [9.17, 15) is 10.1 Å². The van der Waals surface area contributed by atoms with Crippen LogP contribution >= 0.6 is 11.6 Å². The van der Waals surface area contributed by atoms with E-state index in [4.69, 9.17) is 11.6 Å². The van der Waals surface area contributed by atoms with Gasteiger partial charge in [0.25, 0.3) is 5.69 Å². The van der Waals surface area contributed by atoms with Crippen molar-refractivity contribution < 1.29 is 4.92 Å². The lowest BCUT2D eigenvalue weighted by molar-refractivity contribution is -0.384. The van der Waals surface area contributed by atoms with E-state index in [1.165, 1.54) is 6.07 Å². The molecular weight excluding hydrogens is 332 g/mol. The number of nitrogens with zero attached hydrogens (tertiary/aromatic N) is 5. The predicted molar refractivity (Wildman–Crippen MR) is 91.5 cm³/mol. The number of non-ortho nitro benzene ring substituents is 1. The van der Waals surface area contributed by atoms with E-state index in [1.54, 1.807) is 6.07 Å².